The quantitative estimate of drug-likeness (QED) is 0.500. The Labute approximate surface area is 185 Å². The maximum absolute atomic E-state index is 12.9. The summed E-state index contributed by atoms with van der Waals surface area (Å²) >= 11 is 6.13. The van der Waals surface area contributed by atoms with Crippen LogP contribution in [0.1, 0.15) is 22.8 Å². The summed E-state index contributed by atoms with van der Waals surface area (Å²) in [7, 11) is -4.01. The Balaban J connectivity index is 1.82. The lowest BCUT2D eigenvalue weighted by Crippen LogP contribution is -2.17. The summed E-state index contributed by atoms with van der Waals surface area (Å²) in [5.74, 6) is -0.706. The van der Waals surface area contributed by atoms with Gasteiger partial charge < -0.3 is 10.6 Å². The summed E-state index contributed by atoms with van der Waals surface area (Å²) in [6.07, 6.45) is 0. The Hall–Kier alpha value is -3.36. The Bertz CT molecular complexity index is 1240. The van der Waals surface area contributed by atoms with E-state index >= 15 is 0 Å². The van der Waals surface area contributed by atoms with Crippen molar-refractivity contribution in [1.82, 2.24) is 0 Å². The van der Waals surface area contributed by atoms with E-state index in [0.717, 1.165) is 5.56 Å². The molecule has 0 spiro atoms. The van der Waals surface area contributed by atoms with Gasteiger partial charge in [-0.15, -0.1) is 0 Å². The van der Waals surface area contributed by atoms with Crippen molar-refractivity contribution < 1.29 is 18.0 Å². The summed E-state index contributed by atoms with van der Waals surface area (Å²) in [6, 6.07) is 17.5. The van der Waals surface area contributed by atoms with Gasteiger partial charge in [-0.05, 0) is 61.0 Å². The van der Waals surface area contributed by atoms with Gasteiger partial charge in [0.05, 0.1) is 10.7 Å². The van der Waals surface area contributed by atoms with Crippen LogP contribution in [0.3, 0.4) is 0 Å². The number of hydrogen-bond donors (Lipinski definition) is 3. The molecule has 0 aliphatic rings. The molecule has 0 aliphatic heterocycles. The predicted molar refractivity (Wildman–Crippen MR) is 122 cm³/mol. The van der Waals surface area contributed by atoms with Gasteiger partial charge in [0.15, 0.2) is 0 Å². The smallest absolute Gasteiger partial charge is 0.263 e. The summed E-state index contributed by atoms with van der Waals surface area (Å²) in [5.41, 5.74) is 2.37. The van der Waals surface area contributed by atoms with E-state index in [1.807, 2.05) is 0 Å². The maximum Gasteiger partial charge on any atom is 0.263 e. The van der Waals surface area contributed by atoms with E-state index in [2.05, 4.69) is 15.4 Å². The average molecular weight is 458 g/mol. The number of benzene rings is 3. The van der Waals surface area contributed by atoms with Crippen LogP contribution in [0.2, 0.25) is 5.02 Å². The molecule has 0 heterocycles. The van der Waals surface area contributed by atoms with E-state index < -0.39 is 15.9 Å². The monoisotopic (exact) mass is 457 g/mol. The molecule has 0 saturated carbocycles. The van der Waals surface area contributed by atoms with E-state index in [9.17, 15) is 18.0 Å². The number of carbonyl (C=O) groups is 2. The van der Waals surface area contributed by atoms with E-state index in [0.29, 0.717) is 17.1 Å². The van der Waals surface area contributed by atoms with Crippen LogP contribution in [-0.2, 0) is 14.8 Å². The molecule has 7 nitrogen and oxygen atoms in total. The number of hydrogen-bond acceptors (Lipinski definition) is 4. The van der Waals surface area contributed by atoms with Crippen molar-refractivity contribution >= 4 is 50.5 Å². The fraction of sp³-hybridized carbons (Fsp3) is 0.0909. The lowest BCUT2D eigenvalue weighted by atomic mass is 10.2. The first-order chi connectivity index (χ1) is 14.7. The van der Waals surface area contributed by atoms with Gasteiger partial charge in [-0.3, -0.25) is 14.3 Å². The summed E-state index contributed by atoms with van der Waals surface area (Å²) < 4.78 is 28.2. The van der Waals surface area contributed by atoms with Crippen LogP contribution in [0.25, 0.3) is 0 Å². The molecule has 9 heteroatoms. The lowest BCUT2D eigenvalue weighted by molar-refractivity contribution is -0.114. The molecule has 3 N–H and O–H groups in total. The van der Waals surface area contributed by atoms with E-state index in [4.69, 9.17) is 11.6 Å². The molecule has 160 valence electrons. The van der Waals surface area contributed by atoms with E-state index in [1.165, 1.54) is 25.1 Å². The molecule has 0 fully saturated rings. The Morgan fingerprint density at radius 3 is 2.10 bits per heavy atom. The highest BCUT2D eigenvalue weighted by Gasteiger charge is 2.21. The number of nitrogens with one attached hydrogen (secondary N) is 3. The van der Waals surface area contributed by atoms with Crippen LogP contribution in [-0.4, -0.2) is 20.2 Å². The second kappa shape index (κ2) is 9.20. The molecule has 0 unspecified atom stereocenters. The molecule has 0 bridgehead atoms. The largest absolute Gasteiger partial charge is 0.326 e. The Morgan fingerprint density at radius 1 is 0.871 bits per heavy atom. The average Bonchev–Trinajstić information content (AvgIpc) is 2.71. The first-order valence-electron chi connectivity index (χ1n) is 9.23. The van der Waals surface area contributed by atoms with Crippen molar-refractivity contribution in [1.29, 1.82) is 0 Å². The highest BCUT2D eigenvalue weighted by molar-refractivity contribution is 7.92. The Morgan fingerprint density at radius 2 is 1.48 bits per heavy atom. The van der Waals surface area contributed by atoms with Gasteiger partial charge in [-0.2, -0.15) is 0 Å². The lowest BCUT2D eigenvalue weighted by Gasteiger charge is -2.13. The predicted octanol–water partition coefficient (Wildman–Crippen LogP) is 4.66. The van der Waals surface area contributed by atoms with Gasteiger partial charge in [-0.1, -0.05) is 29.8 Å². The number of rotatable bonds is 6. The zero-order valence-corrected chi connectivity index (χ0v) is 18.3. The van der Waals surface area contributed by atoms with Gasteiger partial charge >= 0.3 is 0 Å². The first-order valence-corrected chi connectivity index (χ1v) is 11.1. The van der Waals surface area contributed by atoms with E-state index in [1.54, 1.807) is 55.5 Å². The van der Waals surface area contributed by atoms with Crippen molar-refractivity contribution in [3.8, 4) is 0 Å². The standard InChI is InChI=1S/C22H20ClN3O4S/c1-14-5-3-4-6-20(14)26-31(29,30)21-13-16(7-12-19(21)23)22(28)25-18-10-8-17(9-11-18)24-15(2)27/h3-13,26H,1-2H3,(H,24,27)(H,25,28). The molecule has 0 aliphatic carbocycles. The molecule has 0 saturated heterocycles. The topological polar surface area (TPSA) is 104 Å². The normalized spacial score (nSPS) is 10.9. The summed E-state index contributed by atoms with van der Waals surface area (Å²) in [4.78, 5) is 23.5. The van der Waals surface area contributed by atoms with Crippen LogP contribution >= 0.6 is 11.6 Å². The van der Waals surface area contributed by atoms with Crippen LogP contribution in [0.15, 0.2) is 71.6 Å². The summed E-state index contributed by atoms with van der Waals surface area (Å²) in [5, 5.41) is 5.31. The minimum absolute atomic E-state index is 0.00251. The van der Waals surface area contributed by atoms with Crippen molar-refractivity contribution in [2.45, 2.75) is 18.7 Å². The van der Waals surface area contributed by atoms with Gasteiger partial charge in [0, 0.05) is 23.9 Å². The third kappa shape index (κ3) is 5.62. The maximum atomic E-state index is 12.9. The van der Waals surface area contributed by atoms with Gasteiger partial charge in [-0.25, -0.2) is 8.42 Å². The molecule has 2 amide bonds. The van der Waals surface area contributed by atoms with Crippen LogP contribution in [0.5, 0.6) is 0 Å². The fourth-order valence-electron chi connectivity index (χ4n) is 2.78. The second-order valence-corrected chi connectivity index (χ2v) is 8.84. The molecule has 0 aromatic heterocycles. The third-order valence-electron chi connectivity index (χ3n) is 4.34. The number of halogens is 1. The van der Waals surface area contributed by atoms with E-state index in [-0.39, 0.29) is 21.4 Å². The number of amides is 2. The second-order valence-electron chi connectivity index (χ2n) is 6.78. The first kappa shape index (κ1) is 22.3. The number of carbonyl (C=O) groups excluding carboxylic acids is 2. The molecule has 3 aromatic carbocycles. The zero-order chi connectivity index (χ0) is 22.6. The fourth-order valence-corrected chi connectivity index (χ4v) is 4.44. The third-order valence-corrected chi connectivity index (χ3v) is 6.18. The molecule has 31 heavy (non-hydrogen) atoms. The van der Waals surface area contributed by atoms with Crippen molar-refractivity contribution in [3.63, 3.8) is 0 Å². The van der Waals surface area contributed by atoms with Crippen LogP contribution < -0.4 is 15.4 Å². The molecule has 3 rings (SSSR count). The van der Waals surface area contributed by atoms with Crippen molar-refractivity contribution in [2.75, 3.05) is 15.4 Å². The van der Waals surface area contributed by atoms with Gasteiger partial charge in [0.2, 0.25) is 5.91 Å². The Kier molecular flexibility index (Phi) is 6.62. The number of aryl methyl sites for hydroxylation is 1. The highest BCUT2D eigenvalue weighted by Crippen LogP contribution is 2.26. The molecule has 0 radical (unpaired) electrons. The summed E-state index contributed by atoms with van der Waals surface area (Å²) in [6.45, 7) is 3.18. The number of para-hydroxylation sites is 1. The number of anilines is 3. The SMILES string of the molecule is CC(=O)Nc1ccc(NC(=O)c2ccc(Cl)c(S(=O)(=O)Nc3ccccc3C)c2)cc1. The minimum Gasteiger partial charge on any atom is -0.326 e. The van der Waals surface area contributed by atoms with Crippen molar-refractivity contribution in [3.05, 3.63) is 82.9 Å². The highest BCUT2D eigenvalue weighted by atomic mass is 35.5. The minimum atomic E-state index is -4.01. The number of sulfonamides is 1. The van der Waals surface area contributed by atoms with Gasteiger partial charge in [0.25, 0.3) is 15.9 Å². The molecular formula is C22H20ClN3O4S. The van der Waals surface area contributed by atoms with Crippen molar-refractivity contribution in [2.24, 2.45) is 0 Å². The zero-order valence-electron chi connectivity index (χ0n) is 16.8. The van der Waals surface area contributed by atoms with Gasteiger partial charge in [0.1, 0.15) is 4.90 Å². The molecular weight excluding hydrogens is 438 g/mol. The van der Waals surface area contributed by atoms with Crippen LogP contribution in [0, 0.1) is 6.92 Å². The van der Waals surface area contributed by atoms with Crippen LogP contribution in [0.4, 0.5) is 17.1 Å². The molecule has 0 atom stereocenters. The molecule has 3 aromatic rings.